The Labute approximate surface area is 166 Å². The molecular formula is C23H26N4O. The number of benzene rings is 2. The SMILES string of the molecule is Cc1ccc(CNc2cnc(C(=O)Nc3ccccc3C(C)(C)C)cn2)cc1. The Morgan fingerprint density at radius 3 is 2.32 bits per heavy atom. The fraction of sp³-hybridized carbons (Fsp3) is 0.261. The number of aryl methyl sites for hydroxylation is 1. The van der Waals surface area contributed by atoms with Crippen LogP contribution in [0.3, 0.4) is 0 Å². The first-order valence-corrected chi connectivity index (χ1v) is 9.35. The van der Waals surface area contributed by atoms with Crippen molar-refractivity contribution in [3.05, 3.63) is 83.3 Å². The van der Waals surface area contributed by atoms with Gasteiger partial charge in [0, 0.05) is 12.2 Å². The second kappa shape index (κ2) is 8.21. The number of hydrogen-bond donors (Lipinski definition) is 2. The third kappa shape index (κ3) is 4.94. The number of para-hydroxylation sites is 1. The van der Waals surface area contributed by atoms with Crippen LogP contribution in [0.4, 0.5) is 11.5 Å². The number of rotatable bonds is 5. The summed E-state index contributed by atoms with van der Waals surface area (Å²) in [6.45, 7) is 9.07. The van der Waals surface area contributed by atoms with E-state index in [2.05, 4.69) is 72.6 Å². The maximum Gasteiger partial charge on any atom is 0.275 e. The molecule has 0 unspecified atom stereocenters. The lowest BCUT2D eigenvalue weighted by atomic mass is 9.86. The number of nitrogens with one attached hydrogen (secondary N) is 2. The smallest absolute Gasteiger partial charge is 0.275 e. The zero-order chi connectivity index (χ0) is 20.1. The van der Waals surface area contributed by atoms with E-state index >= 15 is 0 Å². The molecule has 144 valence electrons. The highest BCUT2D eigenvalue weighted by atomic mass is 16.1. The normalized spacial score (nSPS) is 11.1. The van der Waals surface area contributed by atoms with E-state index in [1.165, 1.54) is 11.8 Å². The lowest BCUT2D eigenvalue weighted by Crippen LogP contribution is -2.19. The van der Waals surface area contributed by atoms with Crippen LogP contribution < -0.4 is 10.6 Å². The van der Waals surface area contributed by atoms with Crippen LogP contribution in [-0.4, -0.2) is 15.9 Å². The van der Waals surface area contributed by atoms with Gasteiger partial charge in [0.1, 0.15) is 11.5 Å². The van der Waals surface area contributed by atoms with E-state index in [0.717, 1.165) is 16.8 Å². The van der Waals surface area contributed by atoms with Gasteiger partial charge in [-0.15, -0.1) is 0 Å². The van der Waals surface area contributed by atoms with Gasteiger partial charge in [0.25, 0.3) is 5.91 Å². The molecule has 0 fully saturated rings. The van der Waals surface area contributed by atoms with Gasteiger partial charge < -0.3 is 10.6 Å². The van der Waals surface area contributed by atoms with Crippen molar-refractivity contribution < 1.29 is 4.79 Å². The Kier molecular flexibility index (Phi) is 5.73. The summed E-state index contributed by atoms with van der Waals surface area (Å²) in [5.41, 5.74) is 4.47. The average molecular weight is 374 g/mol. The van der Waals surface area contributed by atoms with Crippen molar-refractivity contribution in [1.29, 1.82) is 0 Å². The van der Waals surface area contributed by atoms with E-state index in [1.54, 1.807) is 6.20 Å². The van der Waals surface area contributed by atoms with Gasteiger partial charge in [-0.3, -0.25) is 4.79 Å². The Balaban J connectivity index is 1.65. The van der Waals surface area contributed by atoms with Gasteiger partial charge in [-0.25, -0.2) is 9.97 Å². The zero-order valence-corrected chi connectivity index (χ0v) is 16.8. The van der Waals surface area contributed by atoms with Crippen LogP contribution in [0.1, 0.15) is 48.0 Å². The number of aromatic nitrogens is 2. The first-order valence-electron chi connectivity index (χ1n) is 9.35. The molecule has 0 aliphatic rings. The molecule has 0 spiro atoms. The van der Waals surface area contributed by atoms with Crippen LogP contribution in [0, 0.1) is 6.92 Å². The molecule has 2 N–H and O–H groups in total. The molecule has 0 radical (unpaired) electrons. The van der Waals surface area contributed by atoms with Crippen molar-refractivity contribution >= 4 is 17.4 Å². The molecule has 5 heteroatoms. The Bertz CT molecular complexity index is 942. The van der Waals surface area contributed by atoms with E-state index in [9.17, 15) is 4.79 Å². The molecule has 0 saturated carbocycles. The van der Waals surface area contributed by atoms with Gasteiger partial charge >= 0.3 is 0 Å². The van der Waals surface area contributed by atoms with Gasteiger partial charge in [-0.1, -0.05) is 68.8 Å². The van der Waals surface area contributed by atoms with E-state index in [0.29, 0.717) is 12.4 Å². The van der Waals surface area contributed by atoms with Crippen molar-refractivity contribution in [3.8, 4) is 0 Å². The second-order valence-corrected chi connectivity index (χ2v) is 7.88. The van der Waals surface area contributed by atoms with Gasteiger partial charge in [-0.05, 0) is 29.5 Å². The molecule has 5 nitrogen and oxygen atoms in total. The zero-order valence-electron chi connectivity index (χ0n) is 16.8. The molecule has 0 saturated heterocycles. The highest BCUT2D eigenvalue weighted by Gasteiger charge is 2.19. The summed E-state index contributed by atoms with van der Waals surface area (Å²) in [6, 6.07) is 16.1. The van der Waals surface area contributed by atoms with Crippen LogP contribution in [0.25, 0.3) is 0 Å². The first-order chi connectivity index (χ1) is 13.3. The molecular weight excluding hydrogens is 348 g/mol. The number of nitrogens with zero attached hydrogens (tertiary/aromatic N) is 2. The lowest BCUT2D eigenvalue weighted by Gasteiger charge is -2.22. The maximum atomic E-state index is 12.6. The molecule has 3 rings (SSSR count). The summed E-state index contributed by atoms with van der Waals surface area (Å²) in [5, 5.41) is 6.17. The number of amides is 1. The lowest BCUT2D eigenvalue weighted by molar-refractivity contribution is 0.102. The quantitative estimate of drug-likeness (QED) is 0.663. The monoisotopic (exact) mass is 374 g/mol. The fourth-order valence-corrected chi connectivity index (χ4v) is 2.87. The number of anilines is 2. The summed E-state index contributed by atoms with van der Waals surface area (Å²) >= 11 is 0. The van der Waals surface area contributed by atoms with E-state index in [1.807, 2.05) is 24.3 Å². The van der Waals surface area contributed by atoms with E-state index < -0.39 is 0 Å². The van der Waals surface area contributed by atoms with Gasteiger partial charge in [0.15, 0.2) is 0 Å². The molecule has 2 aromatic carbocycles. The highest BCUT2D eigenvalue weighted by molar-refractivity contribution is 6.03. The van der Waals surface area contributed by atoms with Crippen LogP contribution in [0.2, 0.25) is 0 Å². The van der Waals surface area contributed by atoms with Crippen molar-refractivity contribution in [3.63, 3.8) is 0 Å². The maximum absolute atomic E-state index is 12.6. The largest absolute Gasteiger partial charge is 0.365 e. The summed E-state index contributed by atoms with van der Waals surface area (Å²) < 4.78 is 0. The summed E-state index contributed by atoms with van der Waals surface area (Å²) in [5.74, 6) is 0.363. The Morgan fingerprint density at radius 1 is 0.964 bits per heavy atom. The van der Waals surface area contributed by atoms with Crippen molar-refractivity contribution in [2.24, 2.45) is 0 Å². The number of carbonyl (C=O) groups excluding carboxylic acids is 1. The minimum absolute atomic E-state index is 0.0701. The third-order valence-electron chi connectivity index (χ3n) is 4.46. The molecule has 0 atom stereocenters. The topological polar surface area (TPSA) is 66.9 Å². The Hall–Kier alpha value is -3.21. The average Bonchev–Trinajstić information content (AvgIpc) is 2.67. The minimum atomic E-state index is -0.269. The standard InChI is InChI=1S/C23H26N4O/c1-16-9-11-17(12-10-16)13-25-21-15-24-20(14-26-21)22(28)27-19-8-6-5-7-18(19)23(2,3)4/h5-12,14-15H,13H2,1-4H3,(H,25,26)(H,27,28). The van der Waals surface area contributed by atoms with Gasteiger partial charge in [0.05, 0.1) is 12.4 Å². The molecule has 0 aliphatic heterocycles. The Morgan fingerprint density at radius 2 is 1.68 bits per heavy atom. The summed E-state index contributed by atoms with van der Waals surface area (Å²) in [4.78, 5) is 21.1. The first kappa shape index (κ1) is 19.5. The molecule has 1 aromatic heterocycles. The predicted molar refractivity (Wildman–Crippen MR) is 114 cm³/mol. The van der Waals surface area contributed by atoms with Gasteiger partial charge in [0.2, 0.25) is 0 Å². The predicted octanol–water partition coefficient (Wildman–Crippen LogP) is 4.95. The van der Waals surface area contributed by atoms with Crippen LogP contribution in [0.15, 0.2) is 60.9 Å². The molecule has 0 aliphatic carbocycles. The van der Waals surface area contributed by atoms with E-state index in [-0.39, 0.29) is 17.0 Å². The van der Waals surface area contributed by atoms with Crippen molar-refractivity contribution in [1.82, 2.24) is 9.97 Å². The molecule has 28 heavy (non-hydrogen) atoms. The van der Waals surface area contributed by atoms with Gasteiger partial charge in [-0.2, -0.15) is 0 Å². The van der Waals surface area contributed by atoms with Crippen LogP contribution >= 0.6 is 0 Å². The van der Waals surface area contributed by atoms with Crippen molar-refractivity contribution in [2.75, 3.05) is 10.6 Å². The second-order valence-electron chi connectivity index (χ2n) is 7.88. The molecule has 1 amide bonds. The summed E-state index contributed by atoms with van der Waals surface area (Å²) in [7, 11) is 0. The molecule has 3 aromatic rings. The minimum Gasteiger partial charge on any atom is -0.365 e. The molecule has 0 bridgehead atoms. The van der Waals surface area contributed by atoms with Crippen LogP contribution in [0.5, 0.6) is 0 Å². The van der Waals surface area contributed by atoms with Crippen LogP contribution in [-0.2, 0) is 12.0 Å². The number of carbonyl (C=O) groups is 1. The number of hydrogen-bond acceptors (Lipinski definition) is 4. The van der Waals surface area contributed by atoms with E-state index in [4.69, 9.17) is 0 Å². The highest BCUT2D eigenvalue weighted by Crippen LogP contribution is 2.29. The third-order valence-corrected chi connectivity index (χ3v) is 4.46. The van der Waals surface area contributed by atoms with Crippen molar-refractivity contribution in [2.45, 2.75) is 39.7 Å². The molecule has 1 heterocycles. The summed E-state index contributed by atoms with van der Waals surface area (Å²) in [6.07, 6.45) is 3.07. The fourth-order valence-electron chi connectivity index (χ4n) is 2.87.